The Morgan fingerprint density at radius 3 is 2.37 bits per heavy atom. The van der Waals surface area contributed by atoms with Crippen LogP contribution < -0.4 is 5.32 Å². The molecular formula is C26H25N3O5S. The molecule has 9 heteroatoms. The molecule has 0 aliphatic carbocycles. The van der Waals surface area contributed by atoms with Crippen LogP contribution in [-0.2, 0) is 26.0 Å². The number of benzene rings is 3. The number of aryl methyl sites for hydroxylation is 1. The fourth-order valence-electron chi connectivity index (χ4n) is 3.94. The minimum absolute atomic E-state index is 0.121. The Balaban J connectivity index is 1.15. The number of fused-ring (bicyclic) bond motifs is 1. The molecule has 0 bridgehead atoms. The Hall–Kier alpha value is -3.53. The molecule has 3 aromatic carbocycles. The van der Waals surface area contributed by atoms with Crippen LogP contribution in [-0.4, -0.2) is 49.9 Å². The number of carbonyl (C=O) groups excluding carboxylic acids is 1. The summed E-state index contributed by atoms with van der Waals surface area (Å²) in [6.45, 7) is 1.54. The zero-order valence-corrected chi connectivity index (χ0v) is 19.8. The van der Waals surface area contributed by atoms with Crippen LogP contribution in [0.15, 0.2) is 82.1 Å². The summed E-state index contributed by atoms with van der Waals surface area (Å²) in [7, 11) is -3.52. The number of rotatable bonds is 7. The van der Waals surface area contributed by atoms with Crippen molar-refractivity contribution in [2.24, 2.45) is 0 Å². The van der Waals surface area contributed by atoms with Gasteiger partial charge in [0, 0.05) is 30.8 Å². The summed E-state index contributed by atoms with van der Waals surface area (Å²) in [5.74, 6) is 0.410. The third-order valence-corrected chi connectivity index (χ3v) is 7.79. The molecule has 8 nitrogen and oxygen atoms in total. The van der Waals surface area contributed by atoms with E-state index in [1.54, 1.807) is 24.3 Å². The molecule has 1 fully saturated rings. The summed E-state index contributed by atoms with van der Waals surface area (Å²) in [6, 6.07) is 21.6. The van der Waals surface area contributed by atoms with Gasteiger partial charge in [-0.2, -0.15) is 4.31 Å². The summed E-state index contributed by atoms with van der Waals surface area (Å²) >= 11 is 0. The number of ether oxygens (including phenoxy) is 1. The number of oxazole rings is 1. The lowest BCUT2D eigenvalue weighted by atomic mass is 10.1. The van der Waals surface area contributed by atoms with E-state index in [0.29, 0.717) is 44.3 Å². The lowest BCUT2D eigenvalue weighted by molar-refractivity contribution is -0.116. The van der Waals surface area contributed by atoms with Crippen molar-refractivity contribution in [1.29, 1.82) is 0 Å². The number of nitrogens with one attached hydrogen (secondary N) is 1. The maximum absolute atomic E-state index is 12.7. The van der Waals surface area contributed by atoms with Gasteiger partial charge in [-0.15, -0.1) is 0 Å². The summed E-state index contributed by atoms with van der Waals surface area (Å²) in [5.41, 5.74) is 3.93. The summed E-state index contributed by atoms with van der Waals surface area (Å²) in [5, 5.41) is 2.89. The van der Waals surface area contributed by atoms with Crippen LogP contribution in [0.1, 0.15) is 12.0 Å². The topological polar surface area (TPSA) is 102 Å². The molecule has 0 unspecified atom stereocenters. The maximum atomic E-state index is 12.7. The standard InChI is InChI=1S/C26H25N3O5S/c30-25(14-7-19-5-12-22(13-6-19)35(31,32)29-15-17-33-18-16-29)27-21-10-8-20(9-11-21)26-28-23-3-1-2-4-24(23)34-26/h1-6,8-13H,7,14-18H2,(H,27,30). The van der Waals surface area contributed by atoms with Crippen LogP contribution in [0.2, 0.25) is 0 Å². The summed E-state index contributed by atoms with van der Waals surface area (Å²) in [4.78, 5) is 17.2. The first-order valence-electron chi connectivity index (χ1n) is 11.4. The van der Waals surface area contributed by atoms with Gasteiger partial charge in [0.25, 0.3) is 0 Å². The highest BCUT2D eigenvalue weighted by Gasteiger charge is 2.26. The molecule has 1 saturated heterocycles. The lowest BCUT2D eigenvalue weighted by Crippen LogP contribution is -2.40. The SMILES string of the molecule is O=C(CCc1ccc(S(=O)(=O)N2CCOCC2)cc1)Nc1ccc(-c2nc3ccccc3o2)cc1. The smallest absolute Gasteiger partial charge is 0.243 e. The van der Waals surface area contributed by atoms with E-state index < -0.39 is 10.0 Å². The van der Waals surface area contributed by atoms with Gasteiger partial charge in [-0.1, -0.05) is 24.3 Å². The number of carbonyl (C=O) groups is 1. The first-order chi connectivity index (χ1) is 17.0. The maximum Gasteiger partial charge on any atom is 0.243 e. The molecule has 35 heavy (non-hydrogen) atoms. The molecular weight excluding hydrogens is 466 g/mol. The number of hydrogen-bond donors (Lipinski definition) is 1. The number of aromatic nitrogens is 1. The Morgan fingerprint density at radius 2 is 1.66 bits per heavy atom. The van der Waals surface area contributed by atoms with Crippen molar-refractivity contribution in [3.8, 4) is 11.5 Å². The second kappa shape index (κ2) is 9.99. The molecule has 0 spiro atoms. The highest BCUT2D eigenvalue weighted by Crippen LogP contribution is 2.25. The Labute approximate surface area is 203 Å². The van der Waals surface area contributed by atoms with Crippen molar-refractivity contribution >= 4 is 32.7 Å². The Morgan fingerprint density at radius 1 is 0.943 bits per heavy atom. The molecule has 4 aromatic rings. The number of morpholine rings is 1. The molecule has 1 aromatic heterocycles. The van der Waals surface area contributed by atoms with Gasteiger partial charge in [0.15, 0.2) is 5.58 Å². The van der Waals surface area contributed by atoms with Crippen LogP contribution in [0.5, 0.6) is 0 Å². The molecule has 1 N–H and O–H groups in total. The molecule has 2 heterocycles. The first-order valence-corrected chi connectivity index (χ1v) is 12.9. The van der Waals surface area contributed by atoms with Crippen molar-refractivity contribution in [3.63, 3.8) is 0 Å². The average Bonchev–Trinajstić information content (AvgIpc) is 3.33. The van der Waals surface area contributed by atoms with Crippen LogP contribution in [0.3, 0.4) is 0 Å². The largest absolute Gasteiger partial charge is 0.436 e. The van der Waals surface area contributed by atoms with Crippen molar-refractivity contribution in [2.45, 2.75) is 17.7 Å². The minimum atomic E-state index is -3.52. The molecule has 0 radical (unpaired) electrons. The lowest BCUT2D eigenvalue weighted by Gasteiger charge is -2.26. The molecule has 1 amide bonds. The number of hydrogen-bond acceptors (Lipinski definition) is 6. The fraction of sp³-hybridized carbons (Fsp3) is 0.231. The van der Waals surface area contributed by atoms with Crippen LogP contribution in [0.25, 0.3) is 22.6 Å². The fourth-order valence-corrected chi connectivity index (χ4v) is 5.35. The number of nitrogens with zero attached hydrogens (tertiary/aromatic N) is 2. The molecule has 1 aliphatic rings. The van der Waals surface area contributed by atoms with Crippen molar-refractivity contribution < 1.29 is 22.4 Å². The van der Waals surface area contributed by atoms with Gasteiger partial charge in [0.2, 0.25) is 21.8 Å². The molecule has 5 rings (SSSR count). The van der Waals surface area contributed by atoms with E-state index in [-0.39, 0.29) is 17.2 Å². The summed E-state index contributed by atoms with van der Waals surface area (Å²) < 4.78 is 37.9. The number of para-hydroxylation sites is 2. The average molecular weight is 492 g/mol. The first kappa shape index (κ1) is 23.2. The number of anilines is 1. The molecule has 0 atom stereocenters. The van der Waals surface area contributed by atoms with E-state index in [1.807, 2.05) is 48.5 Å². The van der Waals surface area contributed by atoms with Gasteiger partial charge in [-0.25, -0.2) is 13.4 Å². The Kier molecular flexibility index (Phi) is 6.63. The van der Waals surface area contributed by atoms with E-state index in [1.165, 1.54) is 4.31 Å². The molecule has 0 saturated carbocycles. The van der Waals surface area contributed by atoms with Crippen LogP contribution in [0, 0.1) is 0 Å². The monoisotopic (exact) mass is 491 g/mol. The summed E-state index contributed by atoms with van der Waals surface area (Å²) in [6.07, 6.45) is 0.785. The zero-order valence-electron chi connectivity index (χ0n) is 19.0. The van der Waals surface area contributed by atoms with E-state index in [2.05, 4.69) is 10.3 Å². The number of amides is 1. The predicted octanol–water partition coefficient (Wildman–Crippen LogP) is 4.09. The van der Waals surface area contributed by atoms with E-state index in [4.69, 9.17) is 9.15 Å². The molecule has 1 aliphatic heterocycles. The van der Waals surface area contributed by atoms with Crippen LogP contribution in [0.4, 0.5) is 5.69 Å². The zero-order chi connectivity index (χ0) is 24.3. The van der Waals surface area contributed by atoms with Gasteiger partial charge < -0.3 is 14.5 Å². The van der Waals surface area contributed by atoms with Gasteiger partial charge in [-0.05, 0) is 60.5 Å². The predicted molar refractivity (Wildman–Crippen MR) is 132 cm³/mol. The highest BCUT2D eigenvalue weighted by atomic mass is 32.2. The quantitative estimate of drug-likeness (QED) is 0.418. The normalized spacial score (nSPS) is 14.7. The third-order valence-electron chi connectivity index (χ3n) is 5.88. The van der Waals surface area contributed by atoms with Gasteiger partial charge in [0.05, 0.1) is 18.1 Å². The third kappa shape index (κ3) is 5.27. The van der Waals surface area contributed by atoms with Crippen molar-refractivity contribution in [3.05, 3.63) is 78.4 Å². The van der Waals surface area contributed by atoms with Crippen LogP contribution >= 0.6 is 0 Å². The minimum Gasteiger partial charge on any atom is -0.436 e. The highest BCUT2D eigenvalue weighted by molar-refractivity contribution is 7.89. The van der Waals surface area contributed by atoms with Gasteiger partial charge in [0.1, 0.15) is 5.52 Å². The van der Waals surface area contributed by atoms with Gasteiger partial charge >= 0.3 is 0 Å². The van der Waals surface area contributed by atoms with E-state index in [9.17, 15) is 13.2 Å². The van der Waals surface area contributed by atoms with E-state index in [0.717, 1.165) is 22.2 Å². The van der Waals surface area contributed by atoms with Crippen molar-refractivity contribution in [2.75, 3.05) is 31.6 Å². The second-order valence-electron chi connectivity index (χ2n) is 8.27. The molecule has 180 valence electrons. The van der Waals surface area contributed by atoms with Crippen molar-refractivity contribution in [1.82, 2.24) is 9.29 Å². The van der Waals surface area contributed by atoms with Gasteiger partial charge in [-0.3, -0.25) is 4.79 Å². The Bertz CT molecular complexity index is 1390. The van der Waals surface area contributed by atoms with E-state index >= 15 is 0 Å². The second-order valence-corrected chi connectivity index (χ2v) is 10.2. The number of sulfonamides is 1.